The average molecular weight is 305 g/mol. The predicted octanol–water partition coefficient (Wildman–Crippen LogP) is 3.27. The highest BCUT2D eigenvalue weighted by Crippen LogP contribution is 2.22. The van der Waals surface area contributed by atoms with Crippen molar-refractivity contribution in [2.75, 3.05) is 11.9 Å². The van der Waals surface area contributed by atoms with Gasteiger partial charge in [0.05, 0.1) is 16.3 Å². The Morgan fingerprint density at radius 3 is 2.75 bits per heavy atom. The van der Waals surface area contributed by atoms with Gasteiger partial charge in [-0.1, -0.05) is 23.4 Å². The number of halogens is 1. The number of rotatable bonds is 2. The Hall–Kier alpha value is -1.80. The molecule has 3 N–H and O–H groups in total. The molecule has 102 valence electrons. The zero-order chi connectivity index (χ0) is 14.5. The molecule has 0 aliphatic heterocycles. The van der Waals surface area contributed by atoms with E-state index < -0.39 is 0 Å². The Morgan fingerprint density at radius 2 is 2.10 bits per heavy atom. The smallest absolute Gasteiger partial charge is 0.265 e. The number of nitrogens with one attached hydrogen (secondary N) is 1. The third-order valence-electron chi connectivity index (χ3n) is 2.55. The van der Waals surface area contributed by atoms with Crippen molar-refractivity contribution in [3.8, 4) is 11.8 Å². The van der Waals surface area contributed by atoms with Crippen molar-refractivity contribution < 1.29 is 4.79 Å². The third-order valence-corrected chi connectivity index (χ3v) is 3.95. The highest BCUT2D eigenvalue weighted by Gasteiger charge is 2.11. The summed E-state index contributed by atoms with van der Waals surface area (Å²) < 4.78 is 0. The van der Waals surface area contributed by atoms with Gasteiger partial charge >= 0.3 is 0 Å². The van der Waals surface area contributed by atoms with Gasteiger partial charge in [-0.2, -0.15) is 0 Å². The van der Waals surface area contributed by atoms with E-state index in [9.17, 15) is 4.79 Å². The van der Waals surface area contributed by atoms with Crippen molar-refractivity contribution in [2.45, 2.75) is 6.92 Å². The Balaban J connectivity index is 2.15. The van der Waals surface area contributed by atoms with E-state index in [4.69, 9.17) is 17.3 Å². The minimum atomic E-state index is -0.152. The first-order valence-electron chi connectivity index (χ1n) is 5.96. The number of nitrogens with two attached hydrogens (primary N) is 1. The van der Waals surface area contributed by atoms with E-state index in [-0.39, 0.29) is 5.91 Å². The summed E-state index contributed by atoms with van der Waals surface area (Å²) in [6.07, 6.45) is 0. The van der Waals surface area contributed by atoms with E-state index in [1.807, 2.05) is 13.0 Å². The van der Waals surface area contributed by atoms with E-state index >= 15 is 0 Å². The normalized spacial score (nSPS) is 9.75. The standard InChI is InChI=1S/C15H13ClN2OS/c1-10-9-14(20-13(10)3-2-8-17)15(19)18-12-6-4-11(16)5-7-12/h4-7,9H,8,17H2,1H3,(H,18,19). The molecule has 2 rings (SSSR count). The molecule has 1 aromatic carbocycles. The van der Waals surface area contributed by atoms with Gasteiger partial charge in [0.15, 0.2) is 0 Å². The van der Waals surface area contributed by atoms with Crippen molar-refractivity contribution in [3.63, 3.8) is 0 Å². The quantitative estimate of drug-likeness (QED) is 0.837. The molecular formula is C15H13ClN2OS. The van der Waals surface area contributed by atoms with Crippen molar-refractivity contribution in [2.24, 2.45) is 5.73 Å². The Morgan fingerprint density at radius 1 is 1.40 bits per heavy atom. The molecule has 0 unspecified atom stereocenters. The predicted molar refractivity (Wildman–Crippen MR) is 84.4 cm³/mol. The lowest BCUT2D eigenvalue weighted by molar-refractivity contribution is 0.103. The van der Waals surface area contributed by atoms with Gasteiger partial charge in [0.1, 0.15) is 0 Å². The van der Waals surface area contributed by atoms with E-state index in [1.165, 1.54) is 11.3 Å². The first-order chi connectivity index (χ1) is 9.60. The maximum Gasteiger partial charge on any atom is 0.265 e. The van der Waals surface area contributed by atoms with Crippen molar-refractivity contribution in [3.05, 3.63) is 50.7 Å². The molecule has 0 radical (unpaired) electrons. The van der Waals surface area contributed by atoms with Gasteiger partial charge in [0.25, 0.3) is 5.91 Å². The van der Waals surface area contributed by atoms with Crippen LogP contribution in [0.3, 0.4) is 0 Å². The van der Waals surface area contributed by atoms with Gasteiger partial charge in [-0.15, -0.1) is 11.3 Å². The van der Waals surface area contributed by atoms with E-state index in [0.717, 1.165) is 10.4 Å². The van der Waals surface area contributed by atoms with Crippen LogP contribution in [-0.4, -0.2) is 12.5 Å². The molecule has 5 heteroatoms. The lowest BCUT2D eigenvalue weighted by Crippen LogP contribution is -2.09. The fraction of sp³-hybridized carbons (Fsp3) is 0.133. The molecule has 0 atom stereocenters. The molecule has 1 heterocycles. The van der Waals surface area contributed by atoms with Crippen LogP contribution in [0.2, 0.25) is 5.02 Å². The van der Waals surface area contributed by atoms with Gasteiger partial charge < -0.3 is 11.1 Å². The summed E-state index contributed by atoms with van der Waals surface area (Å²) >= 11 is 7.16. The average Bonchev–Trinajstić information content (AvgIpc) is 2.80. The SMILES string of the molecule is Cc1cc(C(=O)Nc2ccc(Cl)cc2)sc1C#CCN. The highest BCUT2D eigenvalue weighted by atomic mass is 35.5. The number of hydrogen-bond donors (Lipinski definition) is 2. The zero-order valence-electron chi connectivity index (χ0n) is 10.9. The van der Waals surface area contributed by atoms with Crippen molar-refractivity contribution in [1.82, 2.24) is 0 Å². The minimum absolute atomic E-state index is 0.152. The number of benzene rings is 1. The van der Waals surface area contributed by atoms with E-state index in [2.05, 4.69) is 17.2 Å². The molecular weight excluding hydrogens is 292 g/mol. The zero-order valence-corrected chi connectivity index (χ0v) is 12.4. The number of thiophene rings is 1. The fourth-order valence-electron chi connectivity index (χ4n) is 1.58. The molecule has 1 amide bonds. The highest BCUT2D eigenvalue weighted by molar-refractivity contribution is 7.14. The summed E-state index contributed by atoms with van der Waals surface area (Å²) in [5, 5.41) is 3.46. The van der Waals surface area contributed by atoms with Crippen LogP contribution < -0.4 is 11.1 Å². The fourth-order valence-corrected chi connectivity index (χ4v) is 2.64. The molecule has 2 aromatic rings. The summed E-state index contributed by atoms with van der Waals surface area (Å²) in [6, 6.07) is 8.81. The van der Waals surface area contributed by atoms with Gasteiger partial charge in [-0.05, 0) is 42.8 Å². The van der Waals surface area contributed by atoms with Crippen molar-refractivity contribution >= 4 is 34.5 Å². The lowest BCUT2D eigenvalue weighted by Gasteiger charge is -2.02. The van der Waals surface area contributed by atoms with Crippen LogP contribution in [-0.2, 0) is 0 Å². The molecule has 3 nitrogen and oxygen atoms in total. The summed E-state index contributed by atoms with van der Waals surface area (Å²) in [6.45, 7) is 2.24. The second-order valence-electron chi connectivity index (χ2n) is 4.09. The molecule has 0 aliphatic carbocycles. The van der Waals surface area contributed by atoms with Crippen LogP contribution in [0.25, 0.3) is 0 Å². The Kier molecular flexibility index (Phi) is 4.80. The summed E-state index contributed by atoms with van der Waals surface area (Å²) in [7, 11) is 0. The number of anilines is 1. The minimum Gasteiger partial charge on any atom is -0.321 e. The number of hydrogen-bond acceptors (Lipinski definition) is 3. The van der Waals surface area contributed by atoms with Crippen LogP contribution >= 0.6 is 22.9 Å². The second-order valence-corrected chi connectivity index (χ2v) is 5.58. The van der Waals surface area contributed by atoms with Crippen LogP contribution in [0.1, 0.15) is 20.1 Å². The molecule has 0 fully saturated rings. The molecule has 20 heavy (non-hydrogen) atoms. The molecule has 1 aromatic heterocycles. The largest absolute Gasteiger partial charge is 0.321 e. The van der Waals surface area contributed by atoms with Crippen LogP contribution in [0, 0.1) is 18.8 Å². The number of amides is 1. The number of carbonyl (C=O) groups excluding carboxylic acids is 1. The summed E-state index contributed by atoms with van der Waals surface area (Å²) in [5.41, 5.74) is 7.04. The third kappa shape index (κ3) is 3.61. The van der Waals surface area contributed by atoms with Gasteiger partial charge in [0.2, 0.25) is 0 Å². The molecule has 0 bridgehead atoms. The van der Waals surface area contributed by atoms with E-state index in [0.29, 0.717) is 22.1 Å². The Labute approximate surface area is 126 Å². The number of aryl methyl sites for hydroxylation is 1. The summed E-state index contributed by atoms with van der Waals surface area (Å²) in [4.78, 5) is 13.6. The molecule has 0 saturated heterocycles. The van der Waals surface area contributed by atoms with Crippen LogP contribution in [0.15, 0.2) is 30.3 Å². The maximum atomic E-state index is 12.1. The second kappa shape index (κ2) is 6.58. The molecule has 0 aliphatic rings. The number of carbonyl (C=O) groups is 1. The molecule has 0 spiro atoms. The first-order valence-corrected chi connectivity index (χ1v) is 7.16. The van der Waals surface area contributed by atoms with Crippen LogP contribution in [0.5, 0.6) is 0 Å². The van der Waals surface area contributed by atoms with E-state index in [1.54, 1.807) is 24.3 Å². The van der Waals surface area contributed by atoms with Gasteiger partial charge in [0, 0.05) is 10.7 Å². The van der Waals surface area contributed by atoms with Gasteiger partial charge in [-0.25, -0.2) is 0 Å². The lowest BCUT2D eigenvalue weighted by atomic mass is 10.2. The summed E-state index contributed by atoms with van der Waals surface area (Å²) in [5.74, 6) is 5.61. The monoisotopic (exact) mass is 304 g/mol. The molecule has 0 saturated carbocycles. The topological polar surface area (TPSA) is 55.1 Å². The Bertz CT molecular complexity index is 680. The maximum absolute atomic E-state index is 12.1. The van der Waals surface area contributed by atoms with Gasteiger partial charge in [-0.3, -0.25) is 4.79 Å². The van der Waals surface area contributed by atoms with Crippen molar-refractivity contribution in [1.29, 1.82) is 0 Å². The first kappa shape index (κ1) is 14.6. The van der Waals surface area contributed by atoms with Crippen LogP contribution in [0.4, 0.5) is 5.69 Å².